The molecule has 3 heteroatoms. The van der Waals surface area contributed by atoms with Crippen LogP contribution in [0.3, 0.4) is 0 Å². The van der Waals surface area contributed by atoms with Crippen LogP contribution in [0.1, 0.15) is 74.9 Å². The second kappa shape index (κ2) is 7.88. The van der Waals surface area contributed by atoms with Crippen molar-refractivity contribution in [3.63, 3.8) is 0 Å². The SMILES string of the molecule is CC1(C)c2cccc3c2N2c4c1cccc4C(C)(C)c1cc(N(c4ccccc4)c4ccccn4)cc(c12)C3(C)C. The quantitative estimate of drug-likeness (QED) is 0.230. The number of hydrogen-bond donors (Lipinski definition) is 0. The van der Waals surface area contributed by atoms with Gasteiger partial charge in [0.25, 0.3) is 0 Å². The normalized spacial score (nSPS) is 17.6. The van der Waals surface area contributed by atoms with Crippen LogP contribution in [0.25, 0.3) is 0 Å². The van der Waals surface area contributed by atoms with Crippen LogP contribution in [0.4, 0.5) is 34.3 Å². The maximum atomic E-state index is 4.82. The van der Waals surface area contributed by atoms with E-state index >= 15 is 0 Å². The number of benzene rings is 4. The molecule has 0 unspecified atom stereocenters. The summed E-state index contributed by atoms with van der Waals surface area (Å²) in [5, 5.41) is 0. The highest BCUT2D eigenvalue weighted by atomic mass is 15.2. The van der Waals surface area contributed by atoms with Gasteiger partial charge in [-0.2, -0.15) is 0 Å². The molecule has 8 rings (SSSR count). The molecule has 41 heavy (non-hydrogen) atoms. The van der Waals surface area contributed by atoms with Crippen LogP contribution in [0.2, 0.25) is 0 Å². The Morgan fingerprint density at radius 3 is 1.44 bits per heavy atom. The molecule has 1 aromatic heterocycles. The van der Waals surface area contributed by atoms with Crippen LogP contribution in [0.15, 0.2) is 103 Å². The fourth-order valence-electron chi connectivity index (χ4n) is 7.78. The van der Waals surface area contributed by atoms with Gasteiger partial charge < -0.3 is 4.90 Å². The van der Waals surface area contributed by atoms with Crippen LogP contribution >= 0.6 is 0 Å². The van der Waals surface area contributed by atoms with Crippen LogP contribution in [-0.4, -0.2) is 4.98 Å². The summed E-state index contributed by atoms with van der Waals surface area (Å²) in [5.74, 6) is 0.915. The van der Waals surface area contributed by atoms with E-state index in [-0.39, 0.29) is 16.2 Å². The fraction of sp³-hybridized carbons (Fsp3) is 0.237. The highest BCUT2D eigenvalue weighted by Crippen LogP contribution is 2.66. The van der Waals surface area contributed by atoms with Crippen molar-refractivity contribution < 1.29 is 0 Å². The Bertz CT molecular complexity index is 1740. The fourth-order valence-corrected chi connectivity index (χ4v) is 7.78. The molecule has 0 bridgehead atoms. The maximum Gasteiger partial charge on any atom is 0.137 e. The molecule has 0 radical (unpaired) electrons. The zero-order valence-corrected chi connectivity index (χ0v) is 24.7. The van der Waals surface area contributed by atoms with Gasteiger partial charge in [-0.1, -0.05) is 102 Å². The van der Waals surface area contributed by atoms with Crippen molar-refractivity contribution in [1.29, 1.82) is 0 Å². The molecule has 4 heterocycles. The number of rotatable bonds is 3. The second-order valence-electron chi connectivity index (χ2n) is 13.4. The van der Waals surface area contributed by atoms with E-state index in [0.717, 1.165) is 17.2 Å². The summed E-state index contributed by atoms with van der Waals surface area (Å²) in [6.45, 7) is 14.4. The Hall–Kier alpha value is -4.37. The summed E-state index contributed by atoms with van der Waals surface area (Å²) in [7, 11) is 0. The number of anilines is 6. The zero-order valence-electron chi connectivity index (χ0n) is 24.7. The molecule has 0 spiro atoms. The van der Waals surface area contributed by atoms with Gasteiger partial charge in [0.2, 0.25) is 0 Å². The predicted molar refractivity (Wildman–Crippen MR) is 170 cm³/mol. The lowest BCUT2D eigenvalue weighted by atomic mass is 9.61. The van der Waals surface area contributed by atoms with Gasteiger partial charge in [-0.05, 0) is 69.8 Å². The molecule has 0 aliphatic carbocycles. The second-order valence-corrected chi connectivity index (χ2v) is 13.4. The van der Waals surface area contributed by atoms with Crippen molar-refractivity contribution in [3.8, 4) is 0 Å². The highest BCUT2D eigenvalue weighted by molar-refractivity contribution is 5.99. The molecule has 202 valence electrons. The lowest BCUT2D eigenvalue weighted by molar-refractivity contribution is 0.566. The first-order valence-electron chi connectivity index (χ1n) is 14.7. The van der Waals surface area contributed by atoms with Gasteiger partial charge in [0.15, 0.2) is 0 Å². The van der Waals surface area contributed by atoms with Gasteiger partial charge in [-0.25, -0.2) is 4.98 Å². The van der Waals surface area contributed by atoms with Crippen molar-refractivity contribution in [1.82, 2.24) is 4.98 Å². The van der Waals surface area contributed by atoms with Crippen LogP contribution < -0.4 is 9.80 Å². The molecular weight excluding hydrogens is 498 g/mol. The van der Waals surface area contributed by atoms with E-state index in [0.29, 0.717) is 0 Å². The number of hydrogen-bond acceptors (Lipinski definition) is 3. The lowest BCUT2D eigenvalue weighted by Crippen LogP contribution is -2.43. The molecule has 0 amide bonds. The van der Waals surface area contributed by atoms with Crippen molar-refractivity contribution in [2.75, 3.05) is 9.80 Å². The topological polar surface area (TPSA) is 19.4 Å². The molecule has 0 saturated carbocycles. The van der Waals surface area contributed by atoms with Crippen molar-refractivity contribution in [2.45, 2.75) is 57.8 Å². The number of aromatic nitrogens is 1. The Morgan fingerprint density at radius 2 is 0.951 bits per heavy atom. The van der Waals surface area contributed by atoms with E-state index in [4.69, 9.17) is 4.98 Å². The predicted octanol–water partition coefficient (Wildman–Crippen LogP) is 9.94. The third-order valence-corrected chi connectivity index (χ3v) is 10.0. The minimum absolute atomic E-state index is 0.0859. The van der Waals surface area contributed by atoms with E-state index < -0.39 is 0 Å². The van der Waals surface area contributed by atoms with Gasteiger partial charge in [0, 0.05) is 33.8 Å². The highest BCUT2D eigenvalue weighted by Gasteiger charge is 2.51. The molecule has 3 aliphatic rings. The van der Waals surface area contributed by atoms with Gasteiger partial charge in [0.1, 0.15) is 5.82 Å². The smallest absolute Gasteiger partial charge is 0.137 e. The van der Waals surface area contributed by atoms with Crippen LogP contribution in [-0.2, 0) is 16.2 Å². The standard InChI is InChI=1S/C38H35N3/c1-36(2)26-16-12-18-28-33(26)41-34-27(36)17-13-19-29(34)38(5,6)31-23-25(22-30(35(31)41)37(28,3)4)40(24-14-8-7-9-15-24)32-20-10-11-21-39-32/h7-23H,1-6H3. The van der Waals surface area contributed by atoms with Crippen molar-refractivity contribution in [3.05, 3.63) is 137 Å². The van der Waals surface area contributed by atoms with E-state index in [1.54, 1.807) is 0 Å². The largest absolute Gasteiger partial charge is 0.309 e. The molecule has 5 aromatic rings. The summed E-state index contributed by atoms with van der Waals surface area (Å²) >= 11 is 0. The zero-order chi connectivity index (χ0) is 28.3. The minimum atomic E-state index is -0.190. The molecule has 0 atom stereocenters. The number of para-hydroxylation sites is 3. The number of nitrogens with zero attached hydrogens (tertiary/aromatic N) is 3. The van der Waals surface area contributed by atoms with E-state index in [1.807, 2.05) is 12.3 Å². The Kier molecular flexibility index (Phi) is 4.70. The molecule has 0 fully saturated rings. The average Bonchev–Trinajstić information content (AvgIpc) is 2.97. The van der Waals surface area contributed by atoms with Crippen molar-refractivity contribution >= 4 is 34.3 Å². The van der Waals surface area contributed by atoms with Crippen LogP contribution in [0.5, 0.6) is 0 Å². The van der Waals surface area contributed by atoms with Gasteiger partial charge in [-0.15, -0.1) is 0 Å². The first kappa shape index (κ1) is 24.4. The lowest BCUT2D eigenvalue weighted by Gasteiger charge is -2.55. The summed E-state index contributed by atoms with van der Waals surface area (Å²) in [6, 6.07) is 35.6. The van der Waals surface area contributed by atoms with Crippen molar-refractivity contribution in [2.24, 2.45) is 0 Å². The third kappa shape index (κ3) is 3.01. The third-order valence-electron chi connectivity index (χ3n) is 10.0. The first-order valence-corrected chi connectivity index (χ1v) is 14.7. The maximum absolute atomic E-state index is 4.82. The number of pyridine rings is 1. The molecule has 3 nitrogen and oxygen atoms in total. The van der Waals surface area contributed by atoms with Crippen LogP contribution in [0, 0.1) is 0 Å². The summed E-state index contributed by atoms with van der Waals surface area (Å²) < 4.78 is 0. The molecule has 0 saturated heterocycles. The van der Waals surface area contributed by atoms with Gasteiger partial charge in [0.05, 0.1) is 17.1 Å². The van der Waals surface area contributed by atoms with E-state index in [9.17, 15) is 0 Å². The summed E-state index contributed by atoms with van der Waals surface area (Å²) in [6.07, 6.45) is 1.88. The van der Waals surface area contributed by atoms with Gasteiger partial charge in [-0.3, -0.25) is 4.90 Å². The Balaban J connectivity index is 1.50. The summed E-state index contributed by atoms with van der Waals surface area (Å²) in [4.78, 5) is 9.75. The van der Waals surface area contributed by atoms with E-state index in [2.05, 4.69) is 142 Å². The monoisotopic (exact) mass is 533 g/mol. The first-order chi connectivity index (χ1) is 19.6. The molecule has 3 aliphatic heterocycles. The van der Waals surface area contributed by atoms with E-state index in [1.165, 1.54) is 50.4 Å². The molecular formula is C38H35N3. The molecule has 0 N–H and O–H groups in total. The Morgan fingerprint density at radius 1 is 0.488 bits per heavy atom. The Labute approximate surface area is 243 Å². The average molecular weight is 534 g/mol. The van der Waals surface area contributed by atoms with Gasteiger partial charge >= 0.3 is 0 Å². The summed E-state index contributed by atoms with van der Waals surface area (Å²) in [5.41, 5.74) is 14.2. The minimum Gasteiger partial charge on any atom is -0.309 e. The molecule has 4 aromatic carbocycles.